The van der Waals surface area contributed by atoms with Crippen LogP contribution in [0.5, 0.6) is 0 Å². The van der Waals surface area contributed by atoms with E-state index in [-0.39, 0.29) is 5.91 Å². The first-order valence-corrected chi connectivity index (χ1v) is 5.79. The highest BCUT2D eigenvalue weighted by atomic mass is 79.9. The number of rotatable bonds is 1. The van der Waals surface area contributed by atoms with Gasteiger partial charge < -0.3 is 9.64 Å². The molecule has 2 rings (SSSR count). The minimum atomic E-state index is -0.411. The molecule has 1 heterocycles. The molecule has 0 aromatic heterocycles. The maximum Gasteiger partial charge on any atom is 0.254 e. The Morgan fingerprint density at radius 2 is 2.00 bits per heavy atom. The van der Waals surface area contributed by atoms with E-state index >= 15 is 0 Å². The van der Waals surface area contributed by atoms with E-state index in [0.29, 0.717) is 36.3 Å². The Morgan fingerprint density at radius 3 is 2.62 bits per heavy atom. The van der Waals surface area contributed by atoms with Crippen molar-refractivity contribution < 1.29 is 13.9 Å². The topological polar surface area (TPSA) is 29.5 Å². The Hall–Kier alpha value is -0.940. The summed E-state index contributed by atoms with van der Waals surface area (Å²) < 4.78 is 18.9. The molecular formula is C11H11BrFNO2. The van der Waals surface area contributed by atoms with Gasteiger partial charge in [-0.15, -0.1) is 0 Å². The number of hydrogen-bond donors (Lipinski definition) is 0. The fourth-order valence-electron chi connectivity index (χ4n) is 1.63. The lowest BCUT2D eigenvalue weighted by Gasteiger charge is -2.26. The maximum absolute atomic E-state index is 13.1. The molecule has 0 unspecified atom stereocenters. The van der Waals surface area contributed by atoms with Crippen molar-refractivity contribution >= 4 is 21.8 Å². The van der Waals surface area contributed by atoms with Crippen LogP contribution in [0.2, 0.25) is 0 Å². The Kier molecular flexibility index (Phi) is 3.56. The summed E-state index contributed by atoms with van der Waals surface area (Å²) in [6.45, 7) is 2.21. The molecule has 1 aliphatic rings. The number of amides is 1. The predicted octanol–water partition coefficient (Wildman–Crippen LogP) is 2.06. The number of morpholine rings is 1. The standard InChI is InChI=1S/C11H11BrFNO2/c12-9-5-8(6-10(13)7-9)11(15)14-1-3-16-4-2-14/h5-7H,1-4H2. The van der Waals surface area contributed by atoms with Gasteiger partial charge in [-0.2, -0.15) is 0 Å². The van der Waals surface area contributed by atoms with Crippen LogP contribution in [0.1, 0.15) is 10.4 Å². The van der Waals surface area contributed by atoms with Crippen molar-refractivity contribution in [3.8, 4) is 0 Å². The van der Waals surface area contributed by atoms with Crippen molar-refractivity contribution in [1.82, 2.24) is 4.90 Å². The smallest absolute Gasteiger partial charge is 0.254 e. The van der Waals surface area contributed by atoms with E-state index < -0.39 is 5.82 Å². The molecule has 1 fully saturated rings. The van der Waals surface area contributed by atoms with E-state index in [0.717, 1.165) is 0 Å². The Labute approximate surface area is 101 Å². The first kappa shape index (κ1) is 11.5. The Bertz CT molecular complexity index is 385. The number of halogens is 2. The van der Waals surface area contributed by atoms with E-state index in [1.54, 1.807) is 11.0 Å². The lowest BCUT2D eigenvalue weighted by atomic mass is 10.2. The van der Waals surface area contributed by atoms with Crippen LogP contribution in [-0.2, 0) is 4.74 Å². The van der Waals surface area contributed by atoms with Crippen LogP contribution in [0.25, 0.3) is 0 Å². The van der Waals surface area contributed by atoms with Crippen molar-refractivity contribution in [2.45, 2.75) is 0 Å². The molecule has 1 aromatic rings. The van der Waals surface area contributed by atoms with Gasteiger partial charge in [-0.25, -0.2) is 4.39 Å². The predicted molar refractivity (Wildman–Crippen MR) is 60.8 cm³/mol. The second kappa shape index (κ2) is 4.93. The van der Waals surface area contributed by atoms with Gasteiger partial charge in [0.05, 0.1) is 13.2 Å². The molecule has 0 N–H and O–H groups in total. The molecule has 0 atom stereocenters. The van der Waals surface area contributed by atoms with E-state index in [1.807, 2.05) is 0 Å². The van der Waals surface area contributed by atoms with E-state index in [1.165, 1.54) is 12.1 Å². The molecule has 0 bridgehead atoms. The molecule has 1 amide bonds. The summed E-state index contributed by atoms with van der Waals surface area (Å²) in [5.74, 6) is -0.561. The van der Waals surface area contributed by atoms with Crippen molar-refractivity contribution in [2.24, 2.45) is 0 Å². The highest BCUT2D eigenvalue weighted by Crippen LogP contribution is 2.16. The number of carbonyl (C=O) groups excluding carboxylic acids is 1. The average Bonchev–Trinajstić information content (AvgIpc) is 2.28. The van der Waals surface area contributed by atoms with Crippen LogP contribution in [0, 0.1) is 5.82 Å². The molecule has 5 heteroatoms. The van der Waals surface area contributed by atoms with Gasteiger partial charge in [-0.3, -0.25) is 4.79 Å². The van der Waals surface area contributed by atoms with Crippen molar-refractivity contribution in [1.29, 1.82) is 0 Å². The van der Waals surface area contributed by atoms with Crippen LogP contribution < -0.4 is 0 Å². The number of hydrogen-bond acceptors (Lipinski definition) is 2. The zero-order valence-electron chi connectivity index (χ0n) is 8.58. The summed E-state index contributed by atoms with van der Waals surface area (Å²) in [5, 5.41) is 0. The highest BCUT2D eigenvalue weighted by Gasteiger charge is 2.19. The molecular weight excluding hydrogens is 277 g/mol. The van der Waals surface area contributed by atoms with E-state index in [2.05, 4.69) is 15.9 Å². The monoisotopic (exact) mass is 287 g/mol. The Balaban J connectivity index is 2.19. The maximum atomic E-state index is 13.1. The summed E-state index contributed by atoms with van der Waals surface area (Å²) in [6, 6.07) is 4.21. The third-order valence-corrected chi connectivity index (χ3v) is 2.87. The summed E-state index contributed by atoms with van der Waals surface area (Å²) >= 11 is 3.17. The average molecular weight is 288 g/mol. The van der Waals surface area contributed by atoms with Gasteiger partial charge in [0, 0.05) is 23.1 Å². The first-order valence-electron chi connectivity index (χ1n) is 5.00. The van der Waals surface area contributed by atoms with Crippen molar-refractivity contribution in [2.75, 3.05) is 26.3 Å². The number of benzene rings is 1. The molecule has 0 aliphatic carbocycles. The Morgan fingerprint density at radius 1 is 1.31 bits per heavy atom. The fraction of sp³-hybridized carbons (Fsp3) is 0.364. The molecule has 0 saturated carbocycles. The summed E-state index contributed by atoms with van der Waals surface area (Å²) in [7, 11) is 0. The molecule has 16 heavy (non-hydrogen) atoms. The number of ether oxygens (including phenoxy) is 1. The van der Waals surface area contributed by atoms with Gasteiger partial charge >= 0.3 is 0 Å². The summed E-state index contributed by atoms with van der Waals surface area (Å²) in [4.78, 5) is 13.7. The largest absolute Gasteiger partial charge is 0.378 e. The second-order valence-corrected chi connectivity index (χ2v) is 4.48. The second-order valence-electron chi connectivity index (χ2n) is 3.56. The van der Waals surface area contributed by atoms with Gasteiger partial charge in [0.15, 0.2) is 0 Å². The summed E-state index contributed by atoms with van der Waals surface area (Å²) in [6.07, 6.45) is 0. The van der Waals surface area contributed by atoms with Crippen LogP contribution in [0.4, 0.5) is 4.39 Å². The van der Waals surface area contributed by atoms with Gasteiger partial charge in [-0.05, 0) is 18.2 Å². The SMILES string of the molecule is O=C(c1cc(F)cc(Br)c1)N1CCOCC1. The minimum Gasteiger partial charge on any atom is -0.378 e. The zero-order valence-corrected chi connectivity index (χ0v) is 10.2. The molecule has 1 aliphatic heterocycles. The normalized spacial score (nSPS) is 16.2. The number of carbonyl (C=O) groups is 1. The molecule has 0 radical (unpaired) electrons. The third-order valence-electron chi connectivity index (χ3n) is 2.41. The minimum absolute atomic E-state index is 0.150. The number of nitrogens with zero attached hydrogens (tertiary/aromatic N) is 1. The van der Waals surface area contributed by atoms with Gasteiger partial charge in [0.2, 0.25) is 0 Å². The van der Waals surface area contributed by atoms with Crippen LogP contribution in [0.3, 0.4) is 0 Å². The molecule has 1 aromatic carbocycles. The summed E-state index contributed by atoms with van der Waals surface area (Å²) in [5.41, 5.74) is 0.369. The molecule has 3 nitrogen and oxygen atoms in total. The van der Waals surface area contributed by atoms with Crippen molar-refractivity contribution in [3.05, 3.63) is 34.1 Å². The third kappa shape index (κ3) is 2.59. The molecule has 1 saturated heterocycles. The van der Waals surface area contributed by atoms with Gasteiger partial charge in [-0.1, -0.05) is 15.9 Å². The lowest BCUT2D eigenvalue weighted by Crippen LogP contribution is -2.40. The fourth-order valence-corrected chi connectivity index (χ4v) is 2.09. The van der Waals surface area contributed by atoms with Crippen molar-refractivity contribution in [3.63, 3.8) is 0 Å². The van der Waals surface area contributed by atoms with Crippen LogP contribution in [0.15, 0.2) is 22.7 Å². The lowest BCUT2D eigenvalue weighted by molar-refractivity contribution is 0.0302. The molecule has 86 valence electrons. The molecule has 0 spiro atoms. The van der Waals surface area contributed by atoms with Gasteiger partial charge in [0.25, 0.3) is 5.91 Å². The van der Waals surface area contributed by atoms with Gasteiger partial charge in [0.1, 0.15) is 5.82 Å². The first-order chi connectivity index (χ1) is 7.66. The van der Waals surface area contributed by atoms with E-state index in [9.17, 15) is 9.18 Å². The van der Waals surface area contributed by atoms with Crippen LogP contribution in [-0.4, -0.2) is 37.1 Å². The highest BCUT2D eigenvalue weighted by molar-refractivity contribution is 9.10. The zero-order chi connectivity index (χ0) is 11.5. The van der Waals surface area contributed by atoms with E-state index in [4.69, 9.17) is 4.74 Å². The van der Waals surface area contributed by atoms with Crippen LogP contribution >= 0.6 is 15.9 Å². The quantitative estimate of drug-likeness (QED) is 0.791.